The lowest BCUT2D eigenvalue weighted by molar-refractivity contribution is -0.144. The zero-order valence-electron chi connectivity index (χ0n) is 17.6. The third-order valence-corrected chi connectivity index (χ3v) is 7.24. The van der Waals surface area contributed by atoms with E-state index in [0.29, 0.717) is 5.57 Å². The Morgan fingerprint density at radius 2 is 1.84 bits per heavy atom. The van der Waals surface area contributed by atoms with E-state index in [1.54, 1.807) is 17.5 Å². The number of aromatic nitrogens is 2. The Balaban J connectivity index is 1.59. The first-order chi connectivity index (χ1) is 15.0. The van der Waals surface area contributed by atoms with E-state index in [-0.39, 0.29) is 18.0 Å². The van der Waals surface area contributed by atoms with Gasteiger partial charge in [-0.25, -0.2) is 4.79 Å². The van der Waals surface area contributed by atoms with Crippen molar-refractivity contribution in [2.45, 2.75) is 32.8 Å². The van der Waals surface area contributed by atoms with Crippen LogP contribution in [0, 0.1) is 6.92 Å². The number of rotatable bonds is 4. The molecule has 0 bridgehead atoms. The van der Waals surface area contributed by atoms with Gasteiger partial charge in [0.2, 0.25) is 0 Å². The molecule has 2 atom stereocenters. The Morgan fingerprint density at radius 3 is 2.61 bits per heavy atom. The molecule has 2 unspecified atom stereocenters. The Bertz CT molecular complexity index is 1300. The number of aryl methyl sites for hydroxylation is 1. The third kappa shape index (κ3) is 3.33. The van der Waals surface area contributed by atoms with E-state index >= 15 is 0 Å². The fourth-order valence-electron chi connectivity index (χ4n) is 4.27. The third-order valence-electron chi connectivity index (χ3n) is 5.90. The molecule has 0 spiro atoms. The minimum atomic E-state index is -0.344. The van der Waals surface area contributed by atoms with Crippen LogP contribution in [-0.2, 0) is 9.53 Å². The molecule has 156 valence electrons. The topological polar surface area (TPSA) is 67.0 Å². The summed E-state index contributed by atoms with van der Waals surface area (Å²) >= 11 is 1.72. The highest BCUT2D eigenvalue weighted by Crippen LogP contribution is 2.47. The molecule has 0 amide bonds. The number of benzene rings is 2. The number of carbonyl (C=O) groups is 1. The van der Waals surface area contributed by atoms with Gasteiger partial charge in [0, 0.05) is 20.8 Å². The number of nitrogens with one attached hydrogen (secondary N) is 2. The first kappa shape index (κ1) is 19.6. The van der Waals surface area contributed by atoms with Crippen LogP contribution in [0.5, 0.6) is 0 Å². The van der Waals surface area contributed by atoms with Gasteiger partial charge in [-0.15, -0.1) is 11.3 Å². The van der Waals surface area contributed by atoms with Crippen molar-refractivity contribution in [3.05, 3.63) is 93.6 Å². The van der Waals surface area contributed by atoms with Crippen molar-refractivity contribution < 1.29 is 9.53 Å². The monoisotopic (exact) mass is 429 g/mol. The van der Waals surface area contributed by atoms with Crippen molar-refractivity contribution in [3.8, 4) is 0 Å². The number of esters is 1. The van der Waals surface area contributed by atoms with Gasteiger partial charge in [-0.1, -0.05) is 48.5 Å². The van der Waals surface area contributed by atoms with Gasteiger partial charge in [0.15, 0.2) is 0 Å². The normalized spacial score (nSPS) is 16.7. The van der Waals surface area contributed by atoms with Crippen molar-refractivity contribution in [1.29, 1.82) is 0 Å². The molecular weight excluding hydrogens is 406 g/mol. The summed E-state index contributed by atoms with van der Waals surface area (Å²) in [4.78, 5) is 14.6. The largest absolute Gasteiger partial charge is 0.454 e. The summed E-state index contributed by atoms with van der Waals surface area (Å²) in [5, 5.41) is 11.8. The zero-order valence-corrected chi connectivity index (χ0v) is 18.4. The highest BCUT2D eigenvalue weighted by molar-refractivity contribution is 7.19. The summed E-state index contributed by atoms with van der Waals surface area (Å²) in [5.74, 6) is 0.282. The first-order valence-electron chi connectivity index (χ1n) is 10.3. The van der Waals surface area contributed by atoms with Crippen LogP contribution in [0.15, 0.2) is 72.1 Å². The fourth-order valence-corrected chi connectivity index (χ4v) is 5.61. The standard InChI is InChI=1S/C25H23N3O2S/c1-14-18-11-7-8-12-20(18)31-23(14)22-19-13-26-28-24(19)27-15(2)21(22)25(29)30-16(3)17-9-5-4-6-10-17/h4-13,16,22H,1-3H3,(H2,26,27,28). The van der Waals surface area contributed by atoms with Gasteiger partial charge in [-0.05, 0) is 43.4 Å². The molecule has 1 aliphatic heterocycles. The highest BCUT2D eigenvalue weighted by atomic mass is 32.1. The second-order valence-electron chi connectivity index (χ2n) is 7.84. The second-order valence-corrected chi connectivity index (χ2v) is 8.93. The molecule has 0 saturated heterocycles. The van der Waals surface area contributed by atoms with Crippen molar-refractivity contribution in [1.82, 2.24) is 10.2 Å². The van der Waals surface area contributed by atoms with Gasteiger partial charge in [-0.3, -0.25) is 5.10 Å². The van der Waals surface area contributed by atoms with Gasteiger partial charge in [0.05, 0.1) is 17.7 Å². The van der Waals surface area contributed by atoms with Crippen LogP contribution in [0.25, 0.3) is 10.1 Å². The number of hydrogen-bond acceptors (Lipinski definition) is 5. The second kappa shape index (κ2) is 7.71. The summed E-state index contributed by atoms with van der Waals surface area (Å²) < 4.78 is 7.15. The van der Waals surface area contributed by atoms with Crippen molar-refractivity contribution >= 4 is 33.2 Å². The Labute approximate surface area is 184 Å². The van der Waals surface area contributed by atoms with E-state index < -0.39 is 0 Å². The number of ether oxygens (including phenoxy) is 1. The number of aromatic amines is 1. The highest BCUT2D eigenvalue weighted by Gasteiger charge is 2.37. The molecule has 3 heterocycles. The molecule has 4 aromatic rings. The number of allylic oxidation sites excluding steroid dienone is 1. The van der Waals surface area contributed by atoms with Crippen molar-refractivity contribution in [2.75, 3.05) is 5.32 Å². The maximum absolute atomic E-state index is 13.5. The number of carbonyl (C=O) groups excluding carboxylic acids is 1. The van der Waals surface area contributed by atoms with E-state index in [0.717, 1.165) is 27.5 Å². The van der Waals surface area contributed by atoms with Gasteiger partial charge < -0.3 is 10.1 Å². The number of fused-ring (bicyclic) bond motifs is 2. The number of H-pyrrole nitrogens is 1. The minimum Gasteiger partial charge on any atom is -0.454 e. The van der Waals surface area contributed by atoms with Gasteiger partial charge in [-0.2, -0.15) is 5.10 Å². The average molecular weight is 430 g/mol. The van der Waals surface area contributed by atoms with Crippen LogP contribution >= 0.6 is 11.3 Å². The van der Waals surface area contributed by atoms with E-state index in [2.05, 4.69) is 40.6 Å². The van der Waals surface area contributed by atoms with Crippen LogP contribution in [0.3, 0.4) is 0 Å². The molecule has 2 aromatic heterocycles. The van der Waals surface area contributed by atoms with E-state index in [1.165, 1.54) is 15.6 Å². The summed E-state index contributed by atoms with van der Waals surface area (Å²) in [6, 6.07) is 18.2. The zero-order chi connectivity index (χ0) is 21.5. The predicted molar refractivity (Wildman–Crippen MR) is 124 cm³/mol. The number of hydrogen-bond donors (Lipinski definition) is 2. The maximum Gasteiger partial charge on any atom is 0.337 e. The van der Waals surface area contributed by atoms with Gasteiger partial charge >= 0.3 is 5.97 Å². The van der Waals surface area contributed by atoms with Crippen LogP contribution in [-0.4, -0.2) is 16.2 Å². The molecule has 0 fully saturated rings. The van der Waals surface area contributed by atoms with E-state index in [9.17, 15) is 4.79 Å². The number of thiophene rings is 1. The summed E-state index contributed by atoms with van der Waals surface area (Å²) in [6.07, 6.45) is 1.46. The van der Waals surface area contributed by atoms with Crippen molar-refractivity contribution in [2.24, 2.45) is 0 Å². The van der Waals surface area contributed by atoms with E-state index in [4.69, 9.17) is 4.74 Å². The average Bonchev–Trinajstić information content (AvgIpc) is 3.37. The molecule has 0 radical (unpaired) electrons. The lowest BCUT2D eigenvalue weighted by Crippen LogP contribution is -2.24. The predicted octanol–water partition coefficient (Wildman–Crippen LogP) is 6.07. The number of anilines is 1. The van der Waals surface area contributed by atoms with Crippen LogP contribution in [0.4, 0.5) is 5.82 Å². The van der Waals surface area contributed by atoms with Crippen LogP contribution in [0.2, 0.25) is 0 Å². The molecule has 1 aliphatic rings. The molecule has 2 aromatic carbocycles. The van der Waals surface area contributed by atoms with Crippen molar-refractivity contribution in [3.63, 3.8) is 0 Å². The molecule has 5 nitrogen and oxygen atoms in total. The SMILES string of the molecule is CC1=C(C(=O)OC(C)c2ccccc2)C(c2sc3ccccc3c2C)c2cn[nH]c2N1. The molecule has 0 aliphatic carbocycles. The maximum atomic E-state index is 13.5. The molecule has 5 rings (SSSR count). The fraction of sp³-hybridized carbons (Fsp3) is 0.200. The quantitative estimate of drug-likeness (QED) is 0.387. The molecular formula is C25H23N3O2S. The minimum absolute atomic E-state index is 0.233. The lowest BCUT2D eigenvalue weighted by atomic mass is 9.85. The molecule has 0 saturated carbocycles. The van der Waals surface area contributed by atoms with Gasteiger partial charge in [0.25, 0.3) is 0 Å². The summed E-state index contributed by atoms with van der Waals surface area (Å²) in [6.45, 7) is 5.95. The molecule has 31 heavy (non-hydrogen) atoms. The first-order valence-corrected chi connectivity index (χ1v) is 11.1. The summed E-state index contributed by atoms with van der Waals surface area (Å²) in [7, 11) is 0. The Hall–Kier alpha value is -3.38. The van der Waals surface area contributed by atoms with E-state index in [1.807, 2.05) is 50.2 Å². The Morgan fingerprint density at radius 1 is 1.10 bits per heavy atom. The lowest BCUT2D eigenvalue weighted by Gasteiger charge is -2.28. The smallest absolute Gasteiger partial charge is 0.337 e. The van der Waals surface area contributed by atoms with Crippen LogP contribution in [0.1, 0.15) is 47.4 Å². The summed E-state index contributed by atoms with van der Waals surface area (Å²) in [5.41, 5.74) is 4.53. The Kier molecular flexibility index (Phi) is 4.87. The van der Waals surface area contributed by atoms with Gasteiger partial charge in [0.1, 0.15) is 11.9 Å². The number of nitrogens with zero attached hydrogens (tertiary/aromatic N) is 1. The molecule has 6 heteroatoms. The van der Waals surface area contributed by atoms with Crippen LogP contribution < -0.4 is 5.32 Å². The molecule has 2 N–H and O–H groups in total.